The van der Waals surface area contributed by atoms with Crippen LogP contribution < -0.4 is 5.32 Å². The lowest BCUT2D eigenvalue weighted by Gasteiger charge is -2.31. The number of hydrogen-bond acceptors (Lipinski definition) is 2. The molecular weight excluding hydrogens is 188 g/mol. The van der Waals surface area contributed by atoms with Gasteiger partial charge in [0.1, 0.15) is 0 Å². The van der Waals surface area contributed by atoms with Gasteiger partial charge in [0.25, 0.3) is 0 Å². The molecule has 0 bridgehead atoms. The van der Waals surface area contributed by atoms with Gasteiger partial charge in [-0.3, -0.25) is 4.79 Å². The van der Waals surface area contributed by atoms with Gasteiger partial charge in [-0.05, 0) is 46.1 Å². The third-order valence-corrected chi connectivity index (χ3v) is 3.46. The molecular formula is C12H24N2O. The molecule has 1 N–H and O–H groups in total. The van der Waals surface area contributed by atoms with E-state index in [2.05, 4.69) is 12.2 Å². The van der Waals surface area contributed by atoms with Crippen molar-refractivity contribution in [1.82, 2.24) is 10.2 Å². The van der Waals surface area contributed by atoms with Gasteiger partial charge in [0.2, 0.25) is 5.91 Å². The van der Waals surface area contributed by atoms with Crippen molar-refractivity contribution in [3.05, 3.63) is 0 Å². The van der Waals surface area contributed by atoms with Crippen molar-refractivity contribution in [2.45, 2.75) is 45.6 Å². The summed E-state index contributed by atoms with van der Waals surface area (Å²) in [5.41, 5.74) is -0.423. The maximum atomic E-state index is 12.2. The minimum Gasteiger partial charge on any atom is -0.341 e. The predicted molar refractivity (Wildman–Crippen MR) is 62.7 cm³/mol. The van der Waals surface area contributed by atoms with Crippen LogP contribution in [0.2, 0.25) is 0 Å². The fraction of sp³-hybridized carbons (Fsp3) is 0.917. The van der Waals surface area contributed by atoms with E-state index >= 15 is 0 Å². The molecule has 0 radical (unpaired) electrons. The lowest BCUT2D eigenvalue weighted by molar-refractivity contribution is -0.136. The molecule has 1 amide bonds. The van der Waals surface area contributed by atoms with Gasteiger partial charge in [0.15, 0.2) is 0 Å². The first-order valence-corrected chi connectivity index (χ1v) is 5.95. The van der Waals surface area contributed by atoms with Crippen LogP contribution in [0.15, 0.2) is 0 Å². The highest BCUT2D eigenvalue weighted by Crippen LogP contribution is 2.18. The highest BCUT2D eigenvalue weighted by Gasteiger charge is 2.30. The van der Waals surface area contributed by atoms with Gasteiger partial charge in [-0.25, -0.2) is 0 Å². The van der Waals surface area contributed by atoms with Crippen molar-refractivity contribution >= 4 is 5.91 Å². The molecule has 15 heavy (non-hydrogen) atoms. The molecule has 1 unspecified atom stereocenters. The Bertz CT molecular complexity index is 226. The Morgan fingerprint density at radius 2 is 2.00 bits per heavy atom. The van der Waals surface area contributed by atoms with Crippen LogP contribution in [0.3, 0.4) is 0 Å². The monoisotopic (exact) mass is 212 g/mol. The summed E-state index contributed by atoms with van der Waals surface area (Å²) in [7, 11) is 1.85. The summed E-state index contributed by atoms with van der Waals surface area (Å²) >= 11 is 0. The van der Waals surface area contributed by atoms with Crippen LogP contribution in [0.4, 0.5) is 0 Å². The highest BCUT2D eigenvalue weighted by molar-refractivity contribution is 5.85. The lowest BCUT2D eigenvalue weighted by atomic mass is 10.0. The Hall–Kier alpha value is -0.570. The van der Waals surface area contributed by atoms with Gasteiger partial charge in [-0.2, -0.15) is 0 Å². The van der Waals surface area contributed by atoms with Crippen LogP contribution >= 0.6 is 0 Å². The van der Waals surface area contributed by atoms with E-state index in [1.165, 1.54) is 6.42 Å². The summed E-state index contributed by atoms with van der Waals surface area (Å²) in [6.07, 6.45) is 3.54. The number of carbonyl (C=O) groups excluding carboxylic acids is 1. The topological polar surface area (TPSA) is 32.3 Å². The van der Waals surface area contributed by atoms with Gasteiger partial charge < -0.3 is 10.2 Å². The maximum absolute atomic E-state index is 12.2. The fourth-order valence-electron chi connectivity index (χ4n) is 1.97. The van der Waals surface area contributed by atoms with E-state index in [1.54, 1.807) is 0 Å². The van der Waals surface area contributed by atoms with E-state index in [0.717, 1.165) is 31.8 Å². The molecule has 0 saturated carbocycles. The minimum absolute atomic E-state index is 0.235. The van der Waals surface area contributed by atoms with E-state index in [-0.39, 0.29) is 5.91 Å². The molecule has 0 aromatic heterocycles. The molecule has 1 atom stereocenters. The number of likely N-dealkylation sites (N-methyl/N-ethyl adjacent to an activating group) is 1. The summed E-state index contributed by atoms with van der Waals surface area (Å²) in [4.78, 5) is 14.2. The molecule has 1 saturated heterocycles. The van der Waals surface area contributed by atoms with Gasteiger partial charge in [-0.15, -0.1) is 0 Å². The highest BCUT2D eigenvalue weighted by atomic mass is 16.2. The second-order valence-electron chi connectivity index (χ2n) is 5.20. The zero-order valence-electron chi connectivity index (χ0n) is 10.5. The summed E-state index contributed by atoms with van der Waals surface area (Å²) in [5.74, 6) is 1.000. The second-order valence-corrected chi connectivity index (χ2v) is 5.20. The number of hydrogen-bond donors (Lipinski definition) is 1. The second kappa shape index (κ2) is 4.97. The average molecular weight is 212 g/mol. The van der Waals surface area contributed by atoms with Crippen LogP contribution in [-0.2, 0) is 4.79 Å². The zero-order chi connectivity index (χ0) is 11.5. The fourth-order valence-corrected chi connectivity index (χ4v) is 1.97. The first kappa shape index (κ1) is 12.5. The third kappa shape index (κ3) is 3.20. The smallest absolute Gasteiger partial charge is 0.242 e. The maximum Gasteiger partial charge on any atom is 0.242 e. The molecule has 1 fully saturated rings. The van der Waals surface area contributed by atoms with Crippen molar-refractivity contribution in [3.8, 4) is 0 Å². The molecule has 3 nitrogen and oxygen atoms in total. The Labute approximate surface area is 93.2 Å². The first-order chi connectivity index (χ1) is 6.97. The first-order valence-electron chi connectivity index (χ1n) is 5.95. The number of carbonyl (C=O) groups is 1. The Morgan fingerprint density at radius 3 is 2.60 bits per heavy atom. The molecule has 88 valence electrons. The number of nitrogens with one attached hydrogen (secondary N) is 1. The average Bonchev–Trinajstić information content (AvgIpc) is 2.42. The van der Waals surface area contributed by atoms with E-state index in [0.29, 0.717) is 0 Å². The SMILES string of the molecule is CNC(C)(C)C(=O)N1CCCC(C)CC1. The van der Waals surface area contributed by atoms with E-state index in [4.69, 9.17) is 0 Å². The third-order valence-electron chi connectivity index (χ3n) is 3.46. The Morgan fingerprint density at radius 1 is 1.33 bits per heavy atom. The summed E-state index contributed by atoms with van der Waals surface area (Å²) in [6, 6.07) is 0. The molecule has 1 heterocycles. The number of nitrogens with zero attached hydrogens (tertiary/aromatic N) is 1. The van der Waals surface area contributed by atoms with Crippen molar-refractivity contribution in [2.75, 3.05) is 20.1 Å². The quantitative estimate of drug-likeness (QED) is 0.754. The van der Waals surface area contributed by atoms with Crippen molar-refractivity contribution < 1.29 is 4.79 Å². The molecule has 1 aliphatic heterocycles. The van der Waals surface area contributed by atoms with Gasteiger partial charge in [0, 0.05) is 13.1 Å². The van der Waals surface area contributed by atoms with E-state index in [9.17, 15) is 4.79 Å². The zero-order valence-corrected chi connectivity index (χ0v) is 10.5. The molecule has 0 aromatic carbocycles. The van der Waals surface area contributed by atoms with Crippen LogP contribution in [0.25, 0.3) is 0 Å². The van der Waals surface area contributed by atoms with Crippen LogP contribution in [-0.4, -0.2) is 36.5 Å². The molecule has 0 aromatic rings. The van der Waals surface area contributed by atoms with Crippen LogP contribution in [0, 0.1) is 5.92 Å². The standard InChI is InChI=1S/C12H24N2O/c1-10-6-5-8-14(9-7-10)11(15)12(2,3)13-4/h10,13H,5-9H2,1-4H3. The van der Waals surface area contributed by atoms with Gasteiger partial charge in [-0.1, -0.05) is 6.92 Å². The summed E-state index contributed by atoms with van der Waals surface area (Å²) in [5, 5.41) is 3.08. The van der Waals surface area contributed by atoms with E-state index < -0.39 is 5.54 Å². The molecule has 1 aliphatic rings. The van der Waals surface area contributed by atoms with Gasteiger partial charge in [0.05, 0.1) is 5.54 Å². The Balaban J connectivity index is 2.59. The normalized spacial score (nSPS) is 23.7. The van der Waals surface area contributed by atoms with Crippen molar-refractivity contribution in [2.24, 2.45) is 5.92 Å². The Kier molecular flexibility index (Phi) is 4.14. The van der Waals surface area contributed by atoms with Crippen LogP contribution in [0.5, 0.6) is 0 Å². The molecule has 0 spiro atoms. The lowest BCUT2D eigenvalue weighted by Crippen LogP contribution is -2.53. The van der Waals surface area contributed by atoms with E-state index in [1.807, 2.05) is 25.8 Å². The van der Waals surface area contributed by atoms with Crippen LogP contribution in [0.1, 0.15) is 40.0 Å². The summed E-state index contributed by atoms with van der Waals surface area (Å²) in [6.45, 7) is 8.02. The number of rotatable bonds is 2. The van der Waals surface area contributed by atoms with Crippen molar-refractivity contribution in [1.29, 1.82) is 0 Å². The van der Waals surface area contributed by atoms with Gasteiger partial charge >= 0.3 is 0 Å². The molecule has 3 heteroatoms. The molecule has 1 rings (SSSR count). The number of amides is 1. The summed E-state index contributed by atoms with van der Waals surface area (Å²) < 4.78 is 0. The minimum atomic E-state index is -0.423. The number of likely N-dealkylation sites (tertiary alicyclic amines) is 1. The molecule has 0 aliphatic carbocycles. The predicted octanol–water partition coefficient (Wildman–Crippen LogP) is 1.63. The largest absolute Gasteiger partial charge is 0.341 e. The van der Waals surface area contributed by atoms with Crippen molar-refractivity contribution in [3.63, 3.8) is 0 Å².